The van der Waals surface area contributed by atoms with E-state index in [4.69, 9.17) is 4.42 Å². The van der Waals surface area contributed by atoms with Gasteiger partial charge in [-0.15, -0.1) is 0 Å². The Morgan fingerprint density at radius 1 is 1.33 bits per heavy atom. The van der Waals surface area contributed by atoms with E-state index in [0.717, 1.165) is 12.1 Å². The summed E-state index contributed by atoms with van der Waals surface area (Å²) in [5, 5.41) is 9.92. The molecule has 1 aliphatic rings. The Bertz CT molecular complexity index is 754. The minimum atomic E-state index is -4.45. The summed E-state index contributed by atoms with van der Waals surface area (Å²) in [5.74, 6) is 0.194. The molecule has 1 aromatic heterocycles. The number of aryl methyl sites for hydroxylation is 1. The Morgan fingerprint density at radius 3 is 2.71 bits per heavy atom. The van der Waals surface area contributed by atoms with Gasteiger partial charge in [0.15, 0.2) is 0 Å². The van der Waals surface area contributed by atoms with Crippen molar-refractivity contribution in [1.82, 2.24) is 4.90 Å². The number of amides is 1. The summed E-state index contributed by atoms with van der Waals surface area (Å²) in [6.07, 6.45) is -3.72. The van der Waals surface area contributed by atoms with Crippen molar-refractivity contribution in [2.24, 2.45) is 0 Å². The molecule has 0 radical (unpaired) electrons. The van der Waals surface area contributed by atoms with E-state index in [-0.39, 0.29) is 18.9 Å². The number of hydrogen-bond acceptors (Lipinski definition) is 3. The van der Waals surface area contributed by atoms with E-state index in [1.165, 1.54) is 17.2 Å². The second-order valence-electron chi connectivity index (χ2n) is 5.93. The van der Waals surface area contributed by atoms with Gasteiger partial charge in [0, 0.05) is 6.54 Å². The molecule has 2 aromatic rings. The Morgan fingerprint density at radius 2 is 2.08 bits per heavy atom. The third-order valence-corrected chi connectivity index (χ3v) is 4.12. The van der Waals surface area contributed by atoms with Crippen LogP contribution in [0.1, 0.15) is 39.7 Å². The van der Waals surface area contributed by atoms with Crippen molar-refractivity contribution < 1.29 is 27.5 Å². The van der Waals surface area contributed by atoms with Crippen LogP contribution in [0, 0.1) is 6.92 Å². The van der Waals surface area contributed by atoms with Gasteiger partial charge in [-0.25, -0.2) is 0 Å². The highest BCUT2D eigenvalue weighted by molar-refractivity contribution is 5.94. The summed E-state index contributed by atoms with van der Waals surface area (Å²) in [6.45, 7) is 1.77. The lowest BCUT2D eigenvalue weighted by molar-refractivity contribution is -0.137. The lowest BCUT2D eigenvalue weighted by Gasteiger charge is -2.25. The van der Waals surface area contributed by atoms with E-state index in [1.54, 1.807) is 19.1 Å². The first-order chi connectivity index (χ1) is 11.3. The number of hydrogen-bond donors (Lipinski definition) is 1. The second-order valence-corrected chi connectivity index (χ2v) is 5.93. The Kier molecular flexibility index (Phi) is 4.13. The SMILES string of the molecule is Cc1cc(C(=O)N2C[C@@H](O)C[C@H]2c2cccc(C(F)(F)F)c2)co1. The molecule has 1 fully saturated rings. The zero-order valence-electron chi connectivity index (χ0n) is 12.9. The lowest BCUT2D eigenvalue weighted by Crippen LogP contribution is -2.31. The van der Waals surface area contributed by atoms with Crippen LogP contribution >= 0.6 is 0 Å². The molecule has 0 bridgehead atoms. The molecule has 1 aliphatic heterocycles. The van der Waals surface area contributed by atoms with Crippen LogP contribution in [0.3, 0.4) is 0 Å². The standard InChI is InChI=1S/C17H16F3NO3/c1-10-5-12(9-24-10)16(23)21-8-14(22)7-15(21)11-3-2-4-13(6-11)17(18,19)20/h2-6,9,14-15,22H,7-8H2,1H3/t14-,15-/m0/s1. The van der Waals surface area contributed by atoms with Gasteiger partial charge >= 0.3 is 6.18 Å². The maximum atomic E-state index is 12.9. The van der Waals surface area contributed by atoms with Crippen LogP contribution in [0.4, 0.5) is 13.2 Å². The van der Waals surface area contributed by atoms with Crippen LogP contribution < -0.4 is 0 Å². The van der Waals surface area contributed by atoms with Crippen molar-refractivity contribution in [2.45, 2.75) is 31.7 Å². The van der Waals surface area contributed by atoms with Gasteiger partial charge in [0.05, 0.1) is 23.3 Å². The number of carbonyl (C=O) groups excluding carboxylic acids is 1. The van der Waals surface area contributed by atoms with Gasteiger partial charge in [-0.2, -0.15) is 13.2 Å². The van der Waals surface area contributed by atoms with Crippen LogP contribution in [0.25, 0.3) is 0 Å². The highest BCUT2D eigenvalue weighted by atomic mass is 19.4. The van der Waals surface area contributed by atoms with Crippen LogP contribution in [-0.4, -0.2) is 28.6 Å². The lowest BCUT2D eigenvalue weighted by atomic mass is 10.0. The molecule has 4 nitrogen and oxygen atoms in total. The molecule has 128 valence electrons. The minimum absolute atomic E-state index is 0.0734. The number of furan rings is 1. The number of carbonyl (C=O) groups is 1. The summed E-state index contributed by atoms with van der Waals surface area (Å²) in [6, 6.07) is 5.83. The zero-order valence-corrected chi connectivity index (χ0v) is 12.9. The summed E-state index contributed by atoms with van der Waals surface area (Å²) in [4.78, 5) is 14.0. The van der Waals surface area contributed by atoms with E-state index < -0.39 is 23.9 Å². The highest BCUT2D eigenvalue weighted by Crippen LogP contribution is 2.37. The fourth-order valence-corrected chi connectivity index (χ4v) is 3.00. The highest BCUT2D eigenvalue weighted by Gasteiger charge is 2.37. The van der Waals surface area contributed by atoms with Crippen LogP contribution in [0.15, 0.2) is 41.0 Å². The smallest absolute Gasteiger partial charge is 0.416 e. The van der Waals surface area contributed by atoms with E-state index in [2.05, 4.69) is 0 Å². The first-order valence-corrected chi connectivity index (χ1v) is 7.47. The fourth-order valence-electron chi connectivity index (χ4n) is 3.00. The van der Waals surface area contributed by atoms with Crippen molar-refractivity contribution in [3.05, 3.63) is 59.0 Å². The molecule has 1 amide bonds. The van der Waals surface area contributed by atoms with Crippen molar-refractivity contribution >= 4 is 5.91 Å². The Balaban J connectivity index is 1.92. The summed E-state index contributed by atoms with van der Waals surface area (Å²) in [7, 11) is 0. The molecule has 0 spiro atoms. The van der Waals surface area contributed by atoms with Gasteiger partial charge in [-0.1, -0.05) is 12.1 Å². The largest absolute Gasteiger partial charge is 0.469 e. The first-order valence-electron chi connectivity index (χ1n) is 7.47. The average molecular weight is 339 g/mol. The molecule has 1 saturated heterocycles. The topological polar surface area (TPSA) is 53.7 Å². The number of β-amino-alcohol motifs (C(OH)–C–C–N with tert-alkyl or cyclic N) is 1. The third-order valence-electron chi connectivity index (χ3n) is 4.12. The molecular formula is C17H16F3NO3. The number of halogens is 3. The van der Waals surface area contributed by atoms with Crippen molar-refractivity contribution in [3.63, 3.8) is 0 Å². The van der Waals surface area contributed by atoms with E-state index in [0.29, 0.717) is 16.9 Å². The summed E-state index contributed by atoms with van der Waals surface area (Å²) in [5.41, 5.74) is -0.0959. The number of alkyl halides is 3. The van der Waals surface area contributed by atoms with Crippen LogP contribution in [0.5, 0.6) is 0 Å². The Labute approximate surface area is 136 Å². The number of nitrogens with zero attached hydrogens (tertiary/aromatic N) is 1. The summed E-state index contributed by atoms with van der Waals surface area (Å²) >= 11 is 0. The van der Waals surface area contributed by atoms with Gasteiger partial charge in [-0.3, -0.25) is 4.79 Å². The van der Waals surface area contributed by atoms with Crippen molar-refractivity contribution in [1.29, 1.82) is 0 Å². The van der Waals surface area contributed by atoms with Crippen molar-refractivity contribution in [3.8, 4) is 0 Å². The average Bonchev–Trinajstić information content (AvgIpc) is 3.12. The maximum Gasteiger partial charge on any atom is 0.416 e. The van der Waals surface area contributed by atoms with Crippen molar-refractivity contribution in [2.75, 3.05) is 6.54 Å². The first kappa shape index (κ1) is 16.6. The van der Waals surface area contributed by atoms with Gasteiger partial charge < -0.3 is 14.4 Å². The Hall–Kier alpha value is -2.28. The zero-order chi connectivity index (χ0) is 17.5. The number of benzene rings is 1. The molecule has 1 N–H and O–H groups in total. The molecule has 3 rings (SSSR count). The number of aliphatic hydroxyl groups excluding tert-OH is 1. The molecule has 2 heterocycles. The van der Waals surface area contributed by atoms with Gasteiger partial charge in [0.25, 0.3) is 5.91 Å². The quantitative estimate of drug-likeness (QED) is 0.910. The molecular weight excluding hydrogens is 323 g/mol. The van der Waals surface area contributed by atoms with E-state index in [9.17, 15) is 23.1 Å². The molecule has 7 heteroatoms. The van der Waals surface area contributed by atoms with E-state index >= 15 is 0 Å². The van der Waals surface area contributed by atoms with Crippen LogP contribution in [0.2, 0.25) is 0 Å². The number of likely N-dealkylation sites (tertiary alicyclic amines) is 1. The second kappa shape index (κ2) is 5.98. The molecule has 0 saturated carbocycles. The summed E-state index contributed by atoms with van der Waals surface area (Å²) < 4.78 is 43.9. The predicted octanol–water partition coefficient (Wildman–Crippen LogP) is 3.55. The minimum Gasteiger partial charge on any atom is -0.469 e. The van der Waals surface area contributed by atoms with Gasteiger partial charge in [0.2, 0.25) is 0 Å². The third kappa shape index (κ3) is 3.17. The molecule has 24 heavy (non-hydrogen) atoms. The normalized spacial score (nSPS) is 21.3. The molecule has 2 atom stereocenters. The number of aliphatic hydroxyl groups is 1. The van der Waals surface area contributed by atoms with Crippen LogP contribution in [-0.2, 0) is 6.18 Å². The van der Waals surface area contributed by atoms with Gasteiger partial charge in [-0.05, 0) is 37.1 Å². The molecule has 1 aromatic carbocycles. The van der Waals surface area contributed by atoms with E-state index in [1.807, 2.05) is 0 Å². The molecule has 0 unspecified atom stereocenters. The predicted molar refractivity (Wildman–Crippen MR) is 79.3 cm³/mol. The molecule has 0 aliphatic carbocycles. The maximum absolute atomic E-state index is 12.9. The van der Waals surface area contributed by atoms with Gasteiger partial charge in [0.1, 0.15) is 12.0 Å². The number of rotatable bonds is 2. The monoisotopic (exact) mass is 339 g/mol. The fraction of sp³-hybridized carbons (Fsp3) is 0.353.